The molecule has 212 valence electrons. The molecule has 6 nitrogen and oxygen atoms in total. The molecule has 42 heavy (non-hydrogen) atoms. The molecule has 3 heterocycles. The predicted molar refractivity (Wildman–Crippen MR) is 174 cm³/mol. The number of nitrogens with one attached hydrogen (secondary N) is 2. The quantitative estimate of drug-likeness (QED) is 0.201. The summed E-state index contributed by atoms with van der Waals surface area (Å²) in [5.74, 6) is -0.0463. The molecule has 0 saturated carbocycles. The van der Waals surface area contributed by atoms with Gasteiger partial charge < -0.3 is 20.1 Å². The van der Waals surface area contributed by atoms with Gasteiger partial charge in [-0.15, -0.1) is 0 Å². The molecular weight excluding hydrogens is 538 g/mol. The number of fused-ring (bicyclic) bond motifs is 1. The normalized spacial score (nSPS) is 16.6. The number of amides is 1. The number of aromatic nitrogens is 2. The highest BCUT2D eigenvalue weighted by Crippen LogP contribution is 2.41. The van der Waals surface area contributed by atoms with Crippen LogP contribution >= 0.6 is 12.2 Å². The van der Waals surface area contributed by atoms with E-state index in [4.69, 9.17) is 17.2 Å². The van der Waals surface area contributed by atoms with Gasteiger partial charge >= 0.3 is 0 Å². The number of aryl methyl sites for hydroxylation is 3. The Hall–Kier alpha value is -4.49. The van der Waals surface area contributed by atoms with Gasteiger partial charge in [-0.05, 0) is 92.3 Å². The Morgan fingerprint density at radius 1 is 0.952 bits per heavy atom. The second-order valence-electron chi connectivity index (χ2n) is 11.1. The summed E-state index contributed by atoms with van der Waals surface area (Å²) in [6.07, 6.45) is 2.11. The molecule has 7 heteroatoms. The lowest BCUT2D eigenvalue weighted by molar-refractivity contribution is -0.116. The van der Waals surface area contributed by atoms with Crippen molar-refractivity contribution in [3.63, 3.8) is 0 Å². The summed E-state index contributed by atoms with van der Waals surface area (Å²) in [6, 6.07) is 28.6. The van der Waals surface area contributed by atoms with Crippen molar-refractivity contribution in [1.82, 2.24) is 19.8 Å². The third-order valence-corrected chi connectivity index (χ3v) is 8.59. The van der Waals surface area contributed by atoms with Crippen molar-refractivity contribution in [2.45, 2.75) is 46.2 Å². The zero-order chi connectivity index (χ0) is 29.4. The van der Waals surface area contributed by atoms with Crippen molar-refractivity contribution >= 4 is 39.7 Å². The third kappa shape index (κ3) is 5.16. The molecule has 0 unspecified atom stereocenters. The summed E-state index contributed by atoms with van der Waals surface area (Å²) in [7, 11) is 0. The lowest BCUT2D eigenvalue weighted by atomic mass is 9.96. The summed E-state index contributed by atoms with van der Waals surface area (Å²) < 4.78 is 2.33. The largest absolute Gasteiger partial charge is 0.352 e. The molecule has 0 aliphatic carbocycles. The van der Waals surface area contributed by atoms with Crippen LogP contribution < -0.4 is 10.6 Å². The zero-order valence-electron chi connectivity index (χ0n) is 24.4. The molecule has 2 aromatic heterocycles. The first kappa shape index (κ1) is 27.7. The van der Waals surface area contributed by atoms with Crippen LogP contribution in [0.1, 0.15) is 52.3 Å². The van der Waals surface area contributed by atoms with Gasteiger partial charge in [0.15, 0.2) is 5.11 Å². The van der Waals surface area contributed by atoms with E-state index in [0.29, 0.717) is 18.1 Å². The number of nitrogens with zero attached hydrogens (tertiary/aromatic N) is 3. The maximum absolute atomic E-state index is 13.3. The molecule has 1 saturated heterocycles. The van der Waals surface area contributed by atoms with Crippen LogP contribution in [0.25, 0.3) is 16.5 Å². The molecule has 5 aromatic rings. The molecule has 0 bridgehead atoms. The Kier molecular flexibility index (Phi) is 7.52. The van der Waals surface area contributed by atoms with Crippen LogP contribution in [0.4, 0.5) is 5.69 Å². The second kappa shape index (κ2) is 11.4. The van der Waals surface area contributed by atoms with Gasteiger partial charge in [0.05, 0.1) is 17.8 Å². The van der Waals surface area contributed by atoms with E-state index in [2.05, 4.69) is 84.2 Å². The van der Waals surface area contributed by atoms with Gasteiger partial charge in [-0.1, -0.05) is 54.6 Å². The van der Waals surface area contributed by atoms with Gasteiger partial charge in [-0.25, -0.2) is 0 Å². The first-order valence-corrected chi connectivity index (χ1v) is 14.7. The smallest absolute Gasteiger partial charge is 0.226 e. The van der Waals surface area contributed by atoms with Gasteiger partial charge in [0.1, 0.15) is 0 Å². The van der Waals surface area contributed by atoms with Crippen molar-refractivity contribution in [3.8, 4) is 5.69 Å². The predicted octanol–water partition coefficient (Wildman–Crippen LogP) is 7.26. The standard InChI is InChI=1S/C35H35N5OS/c1-22-15-16-23(2)31(20-22)40-24(3)21-28(25(40)4)34-33(30-13-7-8-18-36-30)38-35(42)39(34)19-17-32(41)37-29-14-9-11-26-10-5-6-12-27(26)29/h5-16,18,20-21,33-34H,17,19H2,1-4H3,(H,37,41)(H,38,42)/t33-,34-/m0/s1. The molecule has 1 amide bonds. The topological polar surface area (TPSA) is 62.2 Å². The number of hydrogen-bond acceptors (Lipinski definition) is 3. The fourth-order valence-corrected chi connectivity index (χ4v) is 6.50. The van der Waals surface area contributed by atoms with E-state index in [0.717, 1.165) is 33.5 Å². The zero-order valence-corrected chi connectivity index (χ0v) is 25.2. The number of thiocarbonyl (C=S) groups is 1. The minimum Gasteiger partial charge on any atom is -0.352 e. The Morgan fingerprint density at radius 3 is 2.55 bits per heavy atom. The summed E-state index contributed by atoms with van der Waals surface area (Å²) in [6.45, 7) is 9.07. The van der Waals surface area contributed by atoms with E-state index in [-0.39, 0.29) is 18.0 Å². The molecular formula is C35H35N5OS. The highest BCUT2D eigenvalue weighted by molar-refractivity contribution is 7.80. The van der Waals surface area contributed by atoms with Crippen molar-refractivity contribution in [1.29, 1.82) is 0 Å². The lowest BCUT2D eigenvalue weighted by Crippen LogP contribution is -2.33. The van der Waals surface area contributed by atoms with Crippen LogP contribution in [0.3, 0.4) is 0 Å². The summed E-state index contributed by atoms with van der Waals surface area (Å²) in [5.41, 5.74) is 8.84. The number of carbonyl (C=O) groups excluding carboxylic acids is 1. The second-order valence-corrected chi connectivity index (χ2v) is 11.5. The third-order valence-electron chi connectivity index (χ3n) is 8.24. The van der Waals surface area contributed by atoms with E-state index in [1.807, 2.05) is 54.7 Å². The molecule has 6 rings (SSSR count). The molecule has 1 aliphatic rings. The molecule has 1 aliphatic heterocycles. The average Bonchev–Trinajstić information content (AvgIpc) is 3.47. The van der Waals surface area contributed by atoms with E-state index in [1.54, 1.807) is 0 Å². The Balaban J connectivity index is 1.33. The maximum atomic E-state index is 13.3. The van der Waals surface area contributed by atoms with Gasteiger partial charge in [0, 0.05) is 47.3 Å². The van der Waals surface area contributed by atoms with E-state index < -0.39 is 0 Å². The highest BCUT2D eigenvalue weighted by Gasteiger charge is 2.41. The Bertz CT molecular complexity index is 1790. The van der Waals surface area contributed by atoms with E-state index in [9.17, 15) is 4.79 Å². The Labute approximate surface area is 252 Å². The monoisotopic (exact) mass is 573 g/mol. The van der Waals surface area contributed by atoms with Crippen LogP contribution in [0.2, 0.25) is 0 Å². The van der Waals surface area contributed by atoms with Crippen molar-refractivity contribution in [3.05, 3.63) is 125 Å². The summed E-state index contributed by atoms with van der Waals surface area (Å²) in [4.78, 5) is 20.1. The van der Waals surface area contributed by atoms with Crippen molar-refractivity contribution in [2.75, 3.05) is 11.9 Å². The van der Waals surface area contributed by atoms with E-state index in [1.165, 1.54) is 22.4 Å². The number of anilines is 1. The summed E-state index contributed by atoms with van der Waals surface area (Å²) in [5, 5.41) is 9.42. The molecule has 1 fully saturated rings. The van der Waals surface area contributed by atoms with Gasteiger partial charge in [-0.2, -0.15) is 0 Å². The number of hydrogen-bond donors (Lipinski definition) is 2. The van der Waals surface area contributed by atoms with Crippen LogP contribution in [-0.4, -0.2) is 32.0 Å². The molecule has 0 spiro atoms. The van der Waals surface area contributed by atoms with Crippen LogP contribution in [0.5, 0.6) is 0 Å². The number of carbonyl (C=O) groups is 1. The van der Waals surface area contributed by atoms with Crippen LogP contribution in [0.15, 0.2) is 91.1 Å². The number of pyridine rings is 1. The van der Waals surface area contributed by atoms with Crippen molar-refractivity contribution in [2.24, 2.45) is 0 Å². The van der Waals surface area contributed by atoms with Crippen LogP contribution in [-0.2, 0) is 4.79 Å². The van der Waals surface area contributed by atoms with Gasteiger partial charge in [0.2, 0.25) is 5.91 Å². The SMILES string of the molecule is Cc1ccc(C)c(-n2c(C)cc([C@H]3[C@H](c4ccccn4)NC(=S)N3CCC(=O)Nc3cccc4ccccc34)c2C)c1. The fraction of sp³-hybridized carbons (Fsp3) is 0.229. The Morgan fingerprint density at radius 2 is 1.74 bits per heavy atom. The minimum absolute atomic E-state index is 0.0463. The fourth-order valence-electron chi connectivity index (χ4n) is 6.17. The molecule has 2 atom stereocenters. The van der Waals surface area contributed by atoms with Gasteiger partial charge in [0.25, 0.3) is 0 Å². The summed E-state index contributed by atoms with van der Waals surface area (Å²) >= 11 is 5.90. The van der Waals surface area contributed by atoms with E-state index >= 15 is 0 Å². The van der Waals surface area contributed by atoms with Gasteiger partial charge in [-0.3, -0.25) is 9.78 Å². The first-order valence-electron chi connectivity index (χ1n) is 14.3. The highest BCUT2D eigenvalue weighted by atomic mass is 32.1. The maximum Gasteiger partial charge on any atom is 0.226 e. The number of rotatable bonds is 7. The molecule has 3 aromatic carbocycles. The molecule has 2 N–H and O–H groups in total. The molecule has 0 radical (unpaired) electrons. The lowest BCUT2D eigenvalue weighted by Gasteiger charge is -2.28. The number of benzene rings is 3. The van der Waals surface area contributed by atoms with Crippen molar-refractivity contribution < 1.29 is 4.79 Å². The average molecular weight is 574 g/mol. The first-order chi connectivity index (χ1) is 20.3. The van der Waals surface area contributed by atoms with Crippen LogP contribution in [0, 0.1) is 27.7 Å². The minimum atomic E-state index is -0.146.